The number of rotatable bonds is 22. The van der Waals surface area contributed by atoms with Crippen molar-refractivity contribution in [2.24, 2.45) is 21.5 Å². The quantitative estimate of drug-likeness (QED) is 0.0321. The van der Waals surface area contributed by atoms with Crippen LogP contribution < -0.4 is 41.0 Å². The standard InChI is InChI=1S/C48H72N8O12S2/c1-27-29(3)41(31(5)33-25-47(7,8)67-39(27)33)69(61,62)55-45(49)51-23-17-19-35(43(59)65-11)53-37(57)21-15-13-14-16-22-38(58)54-36(44(60)66-12)20-18-24-52-46(50)56-70(63,64)42-30(4)28(2)40-34(32(42)6)26-48(9,10)68-40/h13-14,35-36H,15-26H2,1-12H3,(H,53,57)(H,54,58)(H3,49,51,55)(H3,50,52,56)/b14-13+/t35-,36-/m0/s1. The van der Waals surface area contributed by atoms with Crippen LogP contribution in [-0.2, 0) is 61.5 Å². The van der Waals surface area contributed by atoms with Gasteiger partial charge in [0.1, 0.15) is 34.8 Å². The van der Waals surface area contributed by atoms with Crippen molar-refractivity contribution in [3.63, 3.8) is 0 Å². The van der Waals surface area contributed by atoms with Gasteiger partial charge in [0.2, 0.25) is 23.7 Å². The minimum absolute atomic E-state index is 0.0352. The van der Waals surface area contributed by atoms with Gasteiger partial charge in [-0.05, 0) is 141 Å². The summed E-state index contributed by atoms with van der Waals surface area (Å²) in [5.41, 5.74) is 16.5. The number of nitrogens with one attached hydrogen (secondary N) is 4. The predicted molar refractivity (Wildman–Crippen MR) is 266 cm³/mol. The Hall–Kier alpha value is -5.90. The summed E-state index contributed by atoms with van der Waals surface area (Å²) in [7, 11) is -5.79. The van der Waals surface area contributed by atoms with Crippen molar-refractivity contribution in [1.29, 1.82) is 0 Å². The molecule has 0 radical (unpaired) electrons. The smallest absolute Gasteiger partial charge is 0.328 e. The number of ether oxygens (including phenoxy) is 4. The first-order valence-corrected chi connectivity index (χ1v) is 26.2. The lowest BCUT2D eigenvalue weighted by atomic mass is 9.94. The number of aliphatic imine (C=N–C) groups is 2. The largest absolute Gasteiger partial charge is 0.487 e. The zero-order chi connectivity index (χ0) is 52.5. The van der Waals surface area contributed by atoms with Gasteiger partial charge in [-0.15, -0.1) is 0 Å². The second kappa shape index (κ2) is 23.3. The van der Waals surface area contributed by atoms with E-state index < -0.39 is 67.1 Å². The number of nitrogens with two attached hydrogens (primary N) is 2. The SMILES string of the molecule is COC(=O)[C@H](CCCN=C(N)NS(=O)(=O)c1c(C)c(C)c2c(c1C)CC(C)(C)O2)NC(=O)CC/C=C/CCC(=O)N[C@@H](CCCN=C(N)NS(=O)(=O)c1c(C)c(C)c2c(c1C)CC(C)(C)O2)C(=O)OC. The van der Waals surface area contributed by atoms with Crippen molar-refractivity contribution in [1.82, 2.24) is 20.1 Å². The molecule has 2 aliphatic rings. The van der Waals surface area contributed by atoms with Crippen molar-refractivity contribution in [3.8, 4) is 11.5 Å². The molecule has 2 aromatic carbocycles. The normalized spacial score (nSPS) is 16.1. The second-order valence-electron chi connectivity index (χ2n) is 19.0. The van der Waals surface area contributed by atoms with Gasteiger partial charge >= 0.3 is 11.9 Å². The molecule has 0 saturated carbocycles. The molecule has 70 heavy (non-hydrogen) atoms. The summed E-state index contributed by atoms with van der Waals surface area (Å²) in [6.07, 6.45) is 6.06. The fourth-order valence-electron chi connectivity index (χ4n) is 8.71. The van der Waals surface area contributed by atoms with Crippen molar-refractivity contribution in [3.05, 3.63) is 56.7 Å². The molecule has 2 aromatic rings. The van der Waals surface area contributed by atoms with Gasteiger partial charge in [0, 0.05) is 49.9 Å². The molecule has 22 heteroatoms. The van der Waals surface area contributed by atoms with E-state index in [4.69, 9.17) is 30.4 Å². The first kappa shape index (κ1) is 56.7. The van der Waals surface area contributed by atoms with E-state index in [1.54, 1.807) is 39.8 Å². The molecule has 0 spiro atoms. The topological polar surface area (TPSA) is 298 Å². The van der Waals surface area contributed by atoms with Crippen LogP contribution in [0.5, 0.6) is 11.5 Å². The first-order chi connectivity index (χ1) is 32.6. The van der Waals surface area contributed by atoms with Crippen LogP contribution >= 0.6 is 0 Å². The lowest BCUT2D eigenvalue weighted by Gasteiger charge is -2.19. The number of carbonyl (C=O) groups is 4. The van der Waals surface area contributed by atoms with Gasteiger partial charge in [-0.2, -0.15) is 0 Å². The highest BCUT2D eigenvalue weighted by Crippen LogP contribution is 2.45. The van der Waals surface area contributed by atoms with Gasteiger partial charge in [-0.25, -0.2) is 35.9 Å². The number of allylic oxidation sites excluding steroid dienone is 2. The monoisotopic (exact) mass is 1020 g/mol. The molecule has 0 saturated heterocycles. The molecular formula is C48H72N8O12S2. The highest BCUT2D eigenvalue weighted by Gasteiger charge is 2.38. The summed E-state index contributed by atoms with van der Waals surface area (Å²) in [5.74, 6) is -1.37. The van der Waals surface area contributed by atoms with Crippen LogP contribution in [0.25, 0.3) is 0 Å². The van der Waals surface area contributed by atoms with E-state index in [0.717, 1.165) is 22.3 Å². The van der Waals surface area contributed by atoms with E-state index in [2.05, 4.69) is 30.1 Å². The van der Waals surface area contributed by atoms with E-state index in [9.17, 15) is 36.0 Å². The Balaban J connectivity index is 1.18. The van der Waals surface area contributed by atoms with Crippen molar-refractivity contribution in [2.75, 3.05) is 27.3 Å². The minimum Gasteiger partial charge on any atom is -0.487 e. The zero-order valence-corrected chi connectivity index (χ0v) is 44.2. The van der Waals surface area contributed by atoms with Gasteiger partial charge in [0.25, 0.3) is 20.0 Å². The van der Waals surface area contributed by atoms with Gasteiger partial charge in [-0.1, -0.05) is 12.2 Å². The van der Waals surface area contributed by atoms with Crippen LogP contribution in [0.3, 0.4) is 0 Å². The maximum Gasteiger partial charge on any atom is 0.328 e. The zero-order valence-electron chi connectivity index (χ0n) is 42.6. The maximum atomic E-state index is 13.5. The molecule has 2 amide bonds. The molecule has 8 N–H and O–H groups in total. The van der Waals surface area contributed by atoms with Gasteiger partial charge < -0.3 is 41.0 Å². The van der Waals surface area contributed by atoms with Crippen LogP contribution in [0, 0.1) is 41.5 Å². The van der Waals surface area contributed by atoms with E-state index in [0.29, 0.717) is 59.4 Å². The molecule has 20 nitrogen and oxygen atoms in total. The number of hydrogen-bond acceptors (Lipinski definition) is 14. The number of carbonyl (C=O) groups excluding carboxylic acids is 4. The Morgan fingerprint density at radius 3 is 1.29 bits per heavy atom. The molecule has 0 aliphatic carbocycles. The molecule has 2 heterocycles. The maximum absolute atomic E-state index is 13.5. The third-order valence-corrected chi connectivity index (χ3v) is 15.6. The average Bonchev–Trinajstić information content (AvgIpc) is 3.79. The number of amides is 2. The third kappa shape index (κ3) is 14.4. The van der Waals surface area contributed by atoms with Crippen LogP contribution in [0.2, 0.25) is 0 Å². The van der Waals surface area contributed by atoms with E-state index in [-0.39, 0.29) is 73.3 Å². The number of sulfonamides is 2. The summed E-state index contributed by atoms with van der Waals surface area (Å²) in [6, 6.07) is -1.96. The minimum atomic E-state index is -4.10. The second-order valence-corrected chi connectivity index (χ2v) is 22.2. The summed E-state index contributed by atoms with van der Waals surface area (Å²) in [5, 5.41) is 5.32. The third-order valence-electron chi connectivity index (χ3n) is 12.3. The molecule has 0 bridgehead atoms. The highest BCUT2D eigenvalue weighted by molar-refractivity contribution is 7.90. The first-order valence-electron chi connectivity index (χ1n) is 23.2. The Kier molecular flexibility index (Phi) is 18.9. The number of guanidine groups is 2. The van der Waals surface area contributed by atoms with Gasteiger partial charge in [0.05, 0.1) is 24.0 Å². The predicted octanol–water partition coefficient (Wildman–Crippen LogP) is 3.84. The van der Waals surface area contributed by atoms with E-state index >= 15 is 0 Å². The number of hydrogen-bond donors (Lipinski definition) is 6. The van der Waals surface area contributed by atoms with Crippen LogP contribution in [0.15, 0.2) is 31.9 Å². The Bertz CT molecular complexity index is 2480. The fraction of sp³-hybridized carbons (Fsp3) is 0.583. The Morgan fingerprint density at radius 2 is 0.957 bits per heavy atom. The summed E-state index contributed by atoms with van der Waals surface area (Å²) < 4.78 is 80.7. The van der Waals surface area contributed by atoms with Gasteiger partial charge in [0.15, 0.2) is 0 Å². The molecule has 4 rings (SSSR count). The molecular weight excluding hydrogens is 945 g/mol. The summed E-state index contributed by atoms with van der Waals surface area (Å²) in [4.78, 5) is 59.0. The van der Waals surface area contributed by atoms with Crippen molar-refractivity contribution in [2.45, 2.75) is 167 Å². The lowest BCUT2D eigenvalue weighted by Crippen LogP contribution is -2.41. The fourth-order valence-corrected chi connectivity index (χ4v) is 11.8. The lowest BCUT2D eigenvalue weighted by molar-refractivity contribution is -0.145. The van der Waals surface area contributed by atoms with E-state index in [1.807, 2.05) is 41.5 Å². The molecule has 2 atom stereocenters. The van der Waals surface area contributed by atoms with Crippen LogP contribution in [0.1, 0.15) is 124 Å². The van der Waals surface area contributed by atoms with Gasteiger partial charge in [-0.3, -0.25) is 19.6 Å². The van der Waals surface area contributed by atoms with Crippen molar-refractivity contribution < 1.29 is 55.0 Å². The van der Waals surface area contributed by atoms with Crippen LogP contribution in [0.4, 0.5) is 0 Å². The number of methoxy groups -OCH3 is 2. The Morgan fingerprint density at radius 1 is 0.614 bits per heavy atom. The number of nitrogens with zero attached hydrogens (tertiary/aromatic N) is 2. The molecule has 0 aromatic heterocycles. The molecule has 0 fully saturated rings. The molecule has 388 valence electrons. The number of fused-ring (bicyclic) bond motifs is 2. The molecule has 0 unspecified atom stereocenters. The number of esters is 2. The molecule has 2 aliphatic heterocycles. The number of benzene rings is 2. The highest BCUT2D eigenvalue weighted by atomic mass is 32.2. The summed E-state index contributed by atoms with van der Waals surface area (Å²) in [6.45, 7) is 18.5. The summed E-state index contributed by atoms with van der Waals surface area (Å²) >= 11 is 0. The van der Waals surface area contributed by atoms with E-state index in [1.165, 1.54) is 14.2 Å². The average molecular weight is 1020 g/mol. The van der Waals surface area contributed by atoms with Crippen molar-refractivity contribution >= 4 is 55.7 Å². The Labute approximate surface area is 412 Å². The van der Waals surface area contributed by atoms with Crippen LogP contribution in [-0.4, -0.2) is 103 Å².